The molecule has 1 unspecified atom stereocenters. The van der Waals surface area contributed by atoms with Crippen molar-refractivity contribution in [3.05, 3.63) is 65.3 Å². The van der Waals surface area contributed by atoms with Crippen molar-refractivity contribution >= 4 is 23.6 Å². The van der Waals surface area contributed by atoms with Crippen molar-refractivity contribution < 1.29 is 31.9 Å². The molecule has 0 bridgehead atoms. The first-order valence-electron chi connectivity index (χ1n) is 12.0. The summed E-state index contributed by atoms with van der Waals surface area (Å²) in [6.45, 7) is 1.87. The fraction of sp³-hybridized carbons (Fsp3) is 0.391. The van der Waals surface area contributed by atoms with Gasteiger partial charge in [0, 0.05) is 38.2 Å². The van der Waals surface area contributed by atoms with Crippen molar-refractivity contribution in [3.8, 4) is 16.8 Å². The lowest BCUT2D eigenvalue weighted by molar-refractivity contribution is -0.134. The average molecular weight is 581 g/mol. The quantitative estimate of drug-likeness (QED) is 0.248. The molecule has 14 nitrogen and oxygen atoms in total. The van der Waals surface area contributed by atoms with Crippen LogP contribution in [-0.4, -0.2) is 67.9 Å². The summed E-state index contributed by atoms with van der Waals surface area (Å²) in [5.41, 5.74) is 3.52. The Labute approximate surface area is 224 Å². The topological polar surface area (TPSA) is 175 Å². The van der Waals surface area contributed by atoms with Gasteiger partial charge in [-0.15, -0.1) is 0 Å². The summed E-state index contributed by atoms with van der Waals surface area (Å²) in [4.78, 5) is 37.0. The molecule has 0 radical (unpaired) electrons. The number of carbonyl (C=O) groups is 1. The lowest BCUT2D eigenvalue weighted by Crippen LogP contribution is -2.50. The Morgan fingerprint density at radius 3 is 2.36 bits per heavy atom. The van der Waals surface area contributed by atoms with E-state index in [-0.39, 0.29) is 13.0 Å². The van der Waals surface area contributed by atoms with Crippen LogP contribution in [0, 0.1) is 0 Å². The van der Waals surface area contributed by atoms with Gasteiger partial charge in [0.25, 0.3) is 11.5 Å². The number of hydroxylamine groups is 3. The van der Waals surface area contributed by atoms with Gasteiger partial charge in [-0.05, 0) is 55.5 Å². The van der Waals surface area contributed by atoms with Crippen molar-refractivity contribution in [2.45, 2.75) is 37.5 Å². The normalized spacial score (nSPS) is 17.4. The predicted molar refractivity (Wildman–Crippen MR) is 140 cm³/mol. The second kappa shape index (κ2) is 11.5. The third kappa shape index (κ3) is 6.87. The average Bonchev–Trinajstić information content (AvgIpc) is 3.60. The lowest BCUT2D eigenvalue weighted by atomic mass is 10.1. The minimum Gasteiger partial charge on any atom is -0.315 e. The maximum absolute atomic E-state index is 12.8. The zero-order valence-electron chi connectivity index (χ0n) is 21.3. The number of carbonyl (C=O) groups excluding carboxylic acids is 1. The van der Waals surface area contributed by atoms with E-state index in [0.29, 0.717) is 18.7 Å². The standard InChI is InChI=1S/C23H29N6O8PS/c1-23(39(2,34)35,22(31)26-36-38(32,33)37-28-13-3-4-14-28)10-16-27-15-9-19(17-21(27)30)18-5-7-20(8-6-18)29-24-11-12-25-29/h5-9,11-12,15,17H,3-4,10,13-14,16H2,1-2H3,(H,26,31)(H,32,33)/t23-/m1/s1. The SMILES string of the molecule is C[C@@](CCn1ccc(-c2ccc(-n3nccn3)cc2)cc1=O)(C(=O)NOP(=O)(O)ON1CCCC1)S(C)(=O)=O. The number of rotatable bonds is 11. The predicted octanol–water partition coefficient (Wildman–Crippen LogP) is 1.47. The Kier molecular flexibility index (Phi) is 8.49. The molecule has 16 heteroatoms. The minimum atomic E-state index is -4.72. The van der Waals surface area contributed by atoms with Gasteiger partial charge in [0.15, 0.2) is 14.6 Å². The number of nitrogens with zero attached hydrogens (tertiary/aromatic N) is 5. The summed E-state index contributed by atoms with van der Waals surface area (Å²) in [6, 6.07) is 10.3. The van der Waals surface area contributed by atoms with Gasteiger partial charge < -0.3 is 9.46 Å². The highest BCUT2D eigenvalue weighted by Crippen LogP contribution is 2.44. The van der Waals surface area contributed by atoms with E-state index in [4.69, 9.17) is 4.62 Å². The first-order valence-corrected chi connectivity index (χ1v) is 15.4. The van der Waals surface area contributed by atoms with Crippen LogP contribution in [0.15, 0.2) is 59.8 Å². The van der Waals surface area contributed by atoms with E-state index >= 15 is 0 Å². The molecular formula is C23H29N6O8PS. The van der Waals surface area contributed by atoms with Crippen LogP contribution in [0.4, 0.5) is 0 Å². The van der Waals surface area contributed by atoms with Crippen LogP contribution in [0.5, 0.6) is 0 Å². The first kappa shape index (κ1) is 28.8. The fourth-order valence-electron chi connectivity index (χ4n) is 3.95. The summed E-state index contributed by atoms with van der Waals surface area (Å²) in [7, 11) is -8.77. The van der Waals surface area contributed by atoms with E-state index in [1.54, 1.807) is 36.1 Å². The highest BCUT2D eigenvalue weighted by molar-refractivity contribution is 7.92. The van der Waals surface area contributed by atoms with Crippen LogP contribution in [-0.2, 0) is 35.0 Å². The van der Waals surface area contributed by atoms with Gasteiger partial charge in [0.05, 0.1) is 18.1 Å². The minimum absolute atomic E-state index is 0.124. The Hall–Kier alpha value is -3.20. The largest absolute Gasteiger partial charge is 0.510 e. The second-order valence-corrected chi connectivity index (χ2v) is 13.0. The maximum atomic E-state index is 12.8. The molecule has 210 valence electrons. The van der Waals surface area contributed by atoms with Crippen LogP contribution in [0.25, 0.3) is 16.8 Å². The molecule has 1 aromatic carbocycles. The maximum Gasteiger partial charge on any atom is 0.510 e. The van der Waals surface area contributed by atoms with Crippen LogP contribution in [0.1, 0.15) is 26.2 Å². The molecule has 1 fully saturated rings. The molecule has 2 aromatic heterocycles. The zero-order valence-corrected chi connectivity index (χ0v) is 23.0. The molecule has 1 saturated heterocycles. The van der Waals surface area contributed by atoms with Crippen molar-refractivity contribution in [3.63, 3.8) is 0 Å². The van der Waals surface area contributed by atoms with Crippen LogP contribution in [0.2, 0.25) is 0 Å². The number of phosphoric acid groups is 1. The number of hydrogen-bond acceptors (Lipinski definition) is 10. The number of sulfone groups is 1. The molecular weight excluding hydrogens is 551 g/mol. The van der Waals surface area contributed by atoms with Gasteiger partial charge in [-0.1, -0.05) is 12.1 Å². The van der Waals surface area contributed by atoms with Gasteiger partial charge in [0.1, 0.15) is 0 Å². The van der Waals surface area contributed by atoms with Crippen molar-refractivity contribution in [1.82, 2.24) is 30.1 Å². The third-order valence-electron chi connectivity index (χ3n) is 6.51. The number of aromatic nitrogens is 4. The summed E-state index contributed by atoms with van der Waals surface area (Å²) in [5, 5.41) is 9.37. The summed E-state index contributed by atoms with van der Waals surface area (Å²) < 4.78 is 45.9. The van der Waals surface area contributed by atoms with E-state index in [0.717, 1.165) is 37.3 Å². The van der Waals surface area contributed by atoms with Gasteiger partial charge in [0.2, 0.25) is 0 Å². The number of pyridine rings is 1. The van der Waals surface area contributed by atoms with Gasteiger partial charge >= 0.3 is 7.82 Å². The summed E-state index contributed by atoms with van der Waals surface area (Å²) in [5.74, 6) is -1.17. The van der Waals surface area contributed by atoms with Gasteiger partial charge in [-0.25, -0.2) is 18.5 Å². The molecule has 2 atom stereocenters. The first-order chi connectivity index (χ1) is 18.4. The highest BCUT2D eigenvalue weighted by Gasteiger charge is 2.44. The number of nitrogens with one attached hydrogen (secondary N) is 1. The number of hydrogen-bond donors (Lipinski definition) is 2. The third-order valence-corrected chi connectivity index (χ3v) is 9.30. The Bertz CT molecular complexity index is 1520. The molecule has 0 spiro atoms. The molecule has 39 heavy (non-hydrogen) atoms. The monoisotopic (exact) mass is 580 g/mol. The molecule has 3 heterocycles. The van der Waals surface area contributed by atoms with E-state index in [2.05, 4.69) is 14.8 Å². The highest BCUT2D eigenvalue weighted by atomic mass is 32.2. The van der Waals surface area contributed by atoms with E-state index in [9.17, 15) is 27.5 Å². The van der Waals surface area contributed by atoms with Crippen LogP contribution >= 0.6 is 7.82 Å². The van der Waals surface area contributed by atoms with Crippen molar-refractivity contribution in [2.24, 2.45) is 0 Å². The molecule has 0 aliphatic carbocycles. The van der Waals surface area contributed by atoms with E-state index in [1.807, 2.05) is 12.1 Å². The number of benzene rings is 1. The van der Waals surface area contributed by atoms with Gasteiger partial charge in [-0.3, -0.25) is 9.59 Å². The summed E-state index contributed by atoms with van der Waals surface area (Å²) in [6.07, 6.45) is 6.73. The lowest BCUT2D eigenvalue weighted by Gasteiger charge is -2.27. The molecule has 0 saturated carbocycles. The second-order valence-electron chi connectivity index (χ2n) is 9.27. The molecule has 2 N–H and O–H groups in total. The van der Waals surface area contributed by atoms with Crippen molar-refractivity contribution in [2.75, 3.05) is 19.3 Å². The molecule has 4 rings (SSSR count). The van der Waals surface area contributed by atoms with Crippen LogP contribution < -0.4 is 11.0 Å². The molecule has 1 aliphatic heterocycles. The number of amides is 1. The fourth-order valence-corrected chi connectivity index (χ4v) is 5.48. The Balaban J connectivity index is 1.43. The Morgan fingerprint density at radius 1 is 1.13 bits per heavy atom. The van der Waals surface area contributed by atoms with Crippen LogP contribution in [0.3, 0.4) is 0 Å². The smallest absolute Gasteiger partial charge is 0.315 e. The summed E-state index contributed by atoms with van der Waals surface area (Å²) >= 11 is 0. The molecule has 3 aromatic rings. The van der Waals surface area contributed by atoms with E-state index < -0.39 is 33.9 Å². The van der Waals surface area contributed by atoms with E-state index in [1.165, 1.54) is 26.7 Å². The van der Waals surface area contributed by atoms with Crippen molar-refractivity contribution in [1.29, 1.82) is 0 Å². The molecule has 1 aliphatic rings. The van der Waals surface area contributed by atoms with Gasteiger partial charge in [-0.2, -0.15) is 29.3 Å². The molecule has 1 amide bonds. The number of aryl methyl sites for hydroxylation is 1. The zero-order chi connectivity index (χ0) is 28.3. The Morgan fingerprint density at radius 2 is 1.77 bits per heavy atom.